The molecule has 1 aliphatic heterocycles. The minimum absolute atomic E-state index is 0.170. The third-order valence-corrected chi connectivity index (χ3v) is 5.27. The molecule has 0 atom stereocenters. The molecular weight excluding hydrogens is 378 g/mol. The number of amides is 1. The quantitative estimate of drug-likeness (QED) is 0.860. The van der Waals surface area contributed by atoms with E-state index >= 15 is 0 Å². The minimum atomic E-state index is -3.29. The zero-order chi connectivity index (χ0) is 18.7. The van der Waals surface area contributed by atoms with Crippen molar-refractivity contribution in [2.24, 2.45) is 0 Å². The van der Waals surface area contributed by atoms with Gasteiger partial charge in [-0.25, -0.2) is 8.42 Å². The fraction of sp³-hybridized carbons (Fsp3) is 0.278. The molecule has 2 aromatic rings. The lowest BCUT2D eigenvalue weighted by Crippen LogP contribution is -2.22. The van der Waals surface area contributed by atoms with Crippen LogP contribution in [0.1, 0.15) is 22.3 Å². The lowest BCUT2D eigenvalue weighted by Gasteiger charge is -2.12. The molecule has 0 bridgehead atoms. The second kappa shape index (κ2) is 7.55. The second-order valence-electron chi connectivity index (χ2n) is 5.93. The van der Waals surface area contributed by atoms with Crippen LogP contribution in [0.15, 0.2) is 41.3 Å². The Labute approximate surface area is 157 Å². The molecule has 0 saturated heterocycles. The largest absolute Gasteiger partial charge is 0.489 e. The molecule has 0 aliphatic carbocycles. The van der Waals surface area contributed by atoms with Gasteiger partial charge in [0.05, 0.1) is 23.1 Å². The van der Waals surface area contributed by atoms with Crippen LogP contribution in [-0.2, 0) is 16.4 Å². The molecule has 0 aromatic heterocycles. The van der Waals surface area contributed by atoms with E-state index in [1.54, 1.807) is 12.1 Å². The molecule has 1 aliphatic rings. The highest BCUT2D eigenvalue weighted by Crippen LogP contribution is 2.37. The summed E-state index contributed by atoms with van der Waals surface area (Å²) < 4.78 is 34.1. The summed E-state index contributed by atoms with van der Waals surface area (Å²) >= 11 is 6.24. The van der Waals surface area contributed by atoms with Crippen LogP contribution >= 0.6 is 11.6 Å². The Balaban J connectivity index is 1.70. The van der Waals surface area contributed by atoms with Crippen molar-refractivity contribution in [1.82, 2.24) is 5.32 Å². The summed E-state index contributed by atoms with van der Waals surface area (Å²) in [5, 5.41) is 3.22. The maximum Gasteiger partial charge on any atom is 0.251 e. The summed E-state index contributed by atoms with van der Waals surface area (Å²) in [4.78, 5) is 12.4. The standard InChI is InChI=1S/C18H18ClNO5S/c1-26(22,23)14-5-3-13(4-6-14)18(21)20-11-12-9-15(19)17-16(10-12)24-7-2-8-25-17/h3-6,9-10H,2,7-8,11H2,1H3,(H,20,21). The topological polar surface area (TPSA) is 81.7 Å². The van der Waals surface area contributed by atoms with Gasteiger partial charge in [-0.2, -0.15) is 0 Å². The van der Waals surface area contributed by atoms with Crippen molar-refractivity contribution in [1.29, 1.82) is 0 Å². The van der Waals surface area contributed by atoms with Gasteiger partial charge in [-0.3, -0.25) is 4.79 Å². The molecule has 8 heteroatoms. The van der Waals surface area contributed by atoms with Gasteiger partial charge in [0.2, 0.25) is 0 Å². The maximum absolute atomic E-state index is 12.3. The molecule has 0 saturated carbocycles. The lowest BCUT2D eigenvalue weighted by atomic mass is 10.1. The average molecular weight is 396 g/mol. The van der Waals surface area contributed by atoms with Gasteiger partial charge >= 0.3 is 0 Å². The number of halogens is 1. The monoisotopic (exact) mass is 395 g/mol. The Hall–Kier alpha value is -2.25. The van der Waals surface area contributed by atoms with Crippen molar-refractivity contribution in [3.8, 4) is 11.5 Å². The number of carbonyl (C=O) groups excluding carboxylic acids is 1. The molecule has 0 radical (unpaired) electrons. The second-order valence-corrected chi connectivity index (χ2v) is 8.36. The van der Waals surface area contributed by atoms with Crippen LogP contribution in [0.2, 0.25) is 5.02 Å². The molecule has 3 rings (SSSR count). The zero-order valence-corrected chi connectivity index (χ0v) is 15.7. The van der Waals surface area contributed by atoms with E-state index in [2.05, 4.69) is 5.32 Å². The van der Waals surface area contributed by atoms with Crippen LogP contribution in [-0.4, -0.2) is 33.8 Å². The Bertz CT molecular complexity index is 925. The Morgan fingerprint density at radius 1 is 1.15 bits per heavy atom. The SMILES string of the molecule is CS(=O)(=O)c1ccc(C(=O)NCc2cc(Cl)c3c(c2)OCCCO3)cc1. The van der Waals surface area contributed by atoms with Gasteiger partial charge in [-0.15, -0.1) is 0 Å². The van der Waals surface area contributed by atoms with E-state index in [-0.39, 0.29) is 17.3 Å². The number of hydrogen-bond acceptors (Lipinski definition) is 5. The number of rotatable bonds is 4. The van der Waals surface area contributed by atoms with E-state index in [0.29, 0.717) is 35.3 Å². The van der Waals surface area contributed by atoms with Gasteiger partial charge in [-0.1, -0.05) is 11.6 Å². The Morgan fingerprint density at radius 2 is 1.85 bits per heavy atom. The van der Waals surface area contributed by atoms with E-state index in [9.17, 15) is 13.2 Å². The smallest absolute Gasteiger partial charge is 0.251 e. The predicted octanol–water partition coefficient (Wildman–Crippen LogP) is 2.83. The van der Waals surface area contributed by atoms with E-state index < -0.39 is 9.84 Å². The summed E-state index contributed by atoms with van der Waals surface area (Å²) in [6, 6.07) is 9.30. The molecule has 0 unspecified atom stereocenters. The maximum atomic E-state index is 12.3. The molecule has 138 valence electrons. The van der Waals surface area contributed by atoms with E-state index in [1.807, 2.05) is 0 Å². The van der Waals surface area contributed by atoms with E-state index in [4.69, 9.17) is 21.1 Å². The van der Waals surface area contributed by atoms with Gasteiger partial charge in [0.1, 0.15) is 0 Å². The average Bonchev–Trinajstić information content (AvgIpc) is 2.85. The molecule has 6 nitrogen and oxygen atoms in total. The molecule has 1 heterocycles. The van der Waals surface area contributed by atoms with Crippen LogP contribution in [0.25, 0.3) is 0 Å². The third-order valence-electron chi connectivity index (χ3n) is 3.86. The lowest BCUT2D eigenvalue weighted by molar-refractivity contribution is 0.0950. The summed E-state index contributed by atoms with van der Waals surface area (Å²) in [5.74, 6) is 0.778. The first-order valence-electron chi connectivity index (χ1n) is 8.01. The first-order valence-corrected chi connectivity index (χ1v) is 10.3. The Morgan fingerprint density at radius 3 is 2.54 bits per heavy atom. The van der Waals surface area contributed by atoms with Crippen molar-refractivity contribution in [2.75, 3.05) is 19.5 Å². The first-order chi connectivity index (χ1) is 12.3. The number of sulfone groups is 1. The molecule has 0 fully saturated rings. The number of fused-ring (bicyclic) bond motifs is 1. The number of ether oxygens (including phenoxy) is 2. The summed E-state index contributed by atoms with van der Waals surface area (Å²) in [5.41, 5.74) is 1.15. The highest BCUT2D eigenvalue weighted by molar-refractivity contribution is 7.90. The number of hydrogen-bond donors (Lipinski definition) is 1. The molecule has 1 N–H and O–H groups in total. The summed E-state index contributed by atoms with van der Waals surface area (Å²) in [7, 11) is -3.29. The van der Waals surface area contributed by atoms with E-state index in [0.717, 1.165) is 18.2 Å². The van der Waals surface area contributed by atoms with Gasteiger partial charge in [0.25, 0.3) is 5.91 Å². The predicted molar refractivity (Wildman–Crippen MR) is 97.8 cm³/mol. The number of carbonyl (C=O) groups is 1. The van der Waals surface area contributed by atoms with E-state index in [1.165, 1.54) is 24.3 Å². The van der Waals surface area contributed by atoms with Crippen molar-refractivity contribution < 1.29 is 22.7 Å². The normalized spacial score (nSPS) is 13.8. The van der Waals surface area contributed by atoms with Crippen LogP contribution in [0.3, 0.4) is 0 Å². The van der Waals surface area contributed by atoms with Crippen LogP contribution in [0.4, 0.5) is 0 Å². The third kappa shape index (κ3) is 4.28. The number of nitrogens with one attached hydrogen (secondary N) is 1. The van der Waals surface area contributed by atoms with Crippen molar-refractivity contribution in [3.63, 3.8) is 0 Å². The van der Waals surface area contributed by atoms with Crippen molar-refractivity contribution in [2.45, 2.75) is 17.9 Å². The number of benzene rings is 2. The summed E-state index contributed by atoms with van der Waals surface area (Å²) in [6.45, 7) is 1.35. The van der Waals surface area contributed by atoms with Crippen molar-refractivity contribution >= 4 is 27.3 Å². The zero-order valence-electron chi connectivity index (χ0n) is 14.1. The molecule has 1 amide bonds. The van der Waals surface area contributed by atoms with Crippen molar-refractivity contribution in [3.05, 3.63) is 52.5 Å². The van der Waals surface area contributed by atoms with Gasteiger partial charge in [0.15, 0.2) is 21.3 Å². The van der Waals surface area contributed by atoms with Gasteiger partial charge in [0, 0.05) is 24.8 Å². The van der Waals surface area contributed by atoms with Gasteiger partial charge < -0.3 is 14.8 Å². The molecule has 0 spiro atoms. The molecule has 26 heavy (non-hydrogen) atoms. The Kier molecular flexibility index (Phi) is 5.38. The first kappa shape index (κ1) is 18.5. The molecule has 2 aromatic carbocycles. The fourth-order valence-electron chi connectivity index (χ4n) is 2.52. The van der Waals surface area contributed by atoms with Crippen LogP contribution in [0.5, 0.6) is 11.5 Å². The highest BCUT2D eigenvalue weighted by Gasteiger charge is 2.16. The van der Waals surface area contributed by atoms with Gasteiger partial charge in [-0.05, 0) is 42.0 Å². The molecular formula is C18H18ClNO5S. The summed E-state index contributed by atoms with van der Waals surface area (Å²) in [6.07, 6.45) is 1.90. The van der Waals surface area contributed by atoms with Crippen LogP contribution < -0.4 is 14.8 Å². The minimum Gasteiger partial charge on any atom is -0.489 e. The fourth-order valence-corrected chi connectivity index (χ4v) is 3.44. The van der Waals surface area contributed by atoms with Crippen LogP contribution in [0, 0.1) is 0 Å². The highest BCUT2D eigenvalue weighted by atomic mass is 35.5.